The Morgan fingerprint density at radius 2 is 1.67 bits per heavy atom. The van der Waals surface area contributed by atoms with Crippen LogP contribution in [0, 0.1) is 13.8 Å². The second-order valence-corrected chi connectivity index (χ2v) is 3.94. The Morgan fingerprint density at radius 1 is 1.07 bits per heavy atom. The lowest BCUT2D eigenvalue weighted by Gasteiger charge is -2.02. The van der Waals surface area contributed by atoms with Crippen LogP contribution in [0.5, 0.6) is 0 Å². The van der Waals surface area contributed by atoms with Crippen molar-refractivity contribution in [3.05, 3.63) is 45.7 Å². The van der Waals surface area contributed by atoms with Crippen molar-refractivity contribution in [3.63, 3.8) is 0 Å². The molecule has 2 rings (SSSR count). The van der Waals surface area contributed by atoms with Crippen molar-refractivity contribution in [2.75, 3.05) is 0 Å². The molecule has 0 atom stereocenters. The van der Waals surface area contributed by atoms with Crippen molar-refractivity contribution in [2.45, 2.75) is 13.8 Å². The van der Waals surface area contributed by atoms with Gasteiger partial charge in [-0.1, -0.05) is 17.2 Å². The number of rotatable bonds is 1. The zero-order chi connectivity index (χ0) is 11.0. The first-order valence-electron chi connectivity index (χ1n) is 4.91. The highest BCUT2D eigenvalue weighted by atomic mass is 16.1. The molecule has 3 heteroatoms. The minimum absolute atomic E-state index is 0.0100. The van der Waals surface area contributed by atoms with Crippen molar-refractivity contribution in [3.8, 4) is 11.3 Å². The summed E-state index contributed by atoms with van der Waals surface area (Å²) in [5, 5.41) is 3.02. The lowest BCUT2D eigenvalue weighted by atomic mass is 10.1. The van der Waals surface area contributed by atoms with E-state index in [9.17, 15) is 4.79 Å². The number of aromatic amines is 1. The molecular weight excluding hydrogens is 188 g/mol. The minimum Gasteiger partial charge on any atom is -0.295 e. The molecule has 1 heterocycles. The molecule has 0 saturated heterocycles. The summed E-state index contributed by atoms with van der Waals surface area (Å²) in [6, 6.07) is 7.87. The standard InChI is InChI=1S/C12H14N2O/c1-8-4-9(2)6-10(5-8)11-7-12(15)14(3)13-11/h4-7,13H,1-3H3. The summed E-state index contributed by atoms with van der Waals surface area (Å²) in [5.74, 6) is 0. The maximum absolute atomic E-state index is 11.3. The molecule has 15 heavy (non-hydrogen) atoms. The van der Waals surface area contributed by atoms with E-state index in [-0.39, 0.29) is 5.56 Å². The Bertz CT molecular complexity index is 529. The first-order chi connectivity index (χ1) is 7.06. The number of aromatic nitrogens is 2. The van der Waals surface area contributed by atoms with Gasteiger partial charge in [0.15, 0.2) is 0 Å². The van der Waals surface area contributed by atoms with Gasteiger partial charge in [-0.3, -0.25) is 14.6 Å². The molecule has 0 amide bonds. The van der Waals surface area contributed by atoms with Gasteiger partial charge >= 0.3 is 0 Å². The minimum atomic E-state index is -0.0100. The van der Waals surface area contributed by atoms with Crippen LogP contribution in [0.2, 0.25) is 0 Å². The summed E-state index contributed by atoms with van der Waals surface area (Å²) >= 11 is 0. The Labute approximate surface area is 88.4 Å². The van der Waals surface area contributed by atoms with E-state index < -0.39 is 0 Å². The van der Waals surface area contributed by atoms with Crippen molar-refractivity contribution in [1.82, 2.24) is 9.78 Å². The Hall–Kier alpha value is -1.77. The van der Waals surface area contributed by atoms with E-state index in [1.54, 1.807) is 13.1 Å². The van der Waals surface area contributed by atoms with Gasteiger partial charge in [-0.25, -0.2) is 0 Å². The second-order valence-electron chi connectivity index (χ2n) is 3.94. The van der Waals surface area contributed by atoms with E-state index in [0.717, 1.165) is 11.3 Å². The highest BCUT2D eigenvalue weighted by molar-refractivity contribution is 5.60. The van der Waals surface area contributed by atoms with Crippen molar-refractivity contribution >= 4 is 0 Å². The molecule has 0 aliphatic heterocycles. The summed E-state index contributed by atoms with van der Waals surface area (Å²) in [7, 11) is 1.72. The SMILES string of the molecule is Cc1cc(C)cc(-c2cc(=O)n(C)[nH]2)c1. The van der Waals surface area contributed by atoms with Gasteiger partial charge in [-0.05, 0) is 26.0 Å². The fourth-order valence-electron chi connectivity index (χ4n) is 1.77. The monoisotopic (exact) mass is 202 g/mol. The smallest absolute Gasteiger partial charge is 0.266 e. The largest absolute Gasteiger partial charge is 0.295 e. The number of hydrogen-bond acceptors (Lipinski definition) is 1. The van der Waals surface area contributed by atoms with Gasteiger partial charge in [-0.2, -0.15) is 0 Å². The van der Waals surface area contributed by atoms with Crippen LogP contribution in [-0.4, -0.2) is 9.78 Å². The lowest BCUT2D eigenvalue weighted by Crippen LogP contribution is -2.09. The van der Waals surface area contributed by atoms with Crippen LogP contribution in [0.4, 0.5) is 0 Å². The summed E-state index contributed by atoms with van der Waals surface area (Å²) in [4.78, 5) is 11.3. The molecule has 2 aromatic rings. The number of nitrogens with zero attached hydrogens (tertiary/aromatic N) is 1. The molecule has 0 saturated carbocycles. The molecule has 0 unspecified atom stereocenters. The van der Waals surface area contributed by atoms with E-state index in [1.165, 1.54) is 15.8 Å². The normalized spacial score (nSPS) is 10.6. The molecule has 3 nitrogen and oxygen atoms in total. The van der Waals surface area contributed by atoms with Gasteiger partial charge in [0.25, 0.3) is 5.56 Å². The van der Waals surface area contributed by atoms with E-state index >= 15 is 0 Å². The second kappa shape index (κ2) is 3.42. The highest BCUT2D eigenvalue weighted by Crippen LogP contribution is 2.18. The van der Waals surface area contributed by atoms with Gasteiger partial charge in [0.05, 0.1) is 5.69 Å². The molecule has 78 valence electrons. The topological polar surface area (TPSA) is 37.8 Å². The third kappa shape index (κ3) is 1.86. The molecule has 1 aromatic carbocycles. The summed E-state index contributed by atoms with van der Waals surface area (Å²) in [6.07, 6.45) is 0. The van der Waals surface area contributed by atoms with E-state index in [1.807, 2.05) is 0 Å². The van der Waals surface area contributed by atoms with Crippen LogP contribution in [0.1, 0.15) is 11.1 Å². The number of H-pyrrole nitrogens is 1. The number of aryl methyl sites for hydroxylation is 3. The molecule has 0 aliphatic carbocycles. The number of hydrogen-bond donors (Lipinski definition) is 1. The van der Waals surface area contributed by atoms with Crippen LogP contribution in [-0.2, 0) is 7.05 Å². The molecule has 1 N–H and O–H groups in total. The summed E-state index contributed by atoms with van der Waals surface area (Å²) < 4.78 is 1.48. The number of benzene rings is 1. The highest BCUT2D eigenvalue weighted by Gasteiger charge is 2.03. The Kier molecular flexibility index (Phi) is 2.23. The molecule has 1 aromatic heterocycles. The fraction of sp³-hybridized carbons (Fsp3) is 0.250. The lowest BCUT2D eigenvalue weighted by molar-refractivity contribution is 0.742. The zero-order valence-corrected chi connectivity index (χ0v) is 9.16. The maximum atomic E-state index is 11.3. The van der Waals surface area contributed by atoms with E-state index in [4.69, 9.17) is 0 Å². The van der Waals surface area contributed by atoms with Crippen molar-refractivity contribution < 1.29 is 0 Å². The van der Waals surface area contributed by atoms with Crippen LogP contribution in [0.25, 0.3) is 11.3 Å². The Morgan fingerprint density at radius 3 is 2.13 bits per heavy atom. The van der Waals surface area contributed by atoms with Gasteiger partial charge < -0.3 is 0 Å². The van der Waals surface area contributed by atoms with Crippen molar-refractivity contribution in [1.29, 1.82) is 0 Å². The first-order valence-corrected chi connectivity index (χ1v) is 4.91. The third-order valence-electron chi connectivity index (χ3n) is 2.42. The zero-order valence-electron chi connectivity index (χ0n) is 9.16. The average molecular weight is 202 g/mol. The molecule has 0 radical (unpaired) electrons. The third-order valence-corrected chi connectivity index (χ3v) is 2.42. The van der Waals surface area contributed by atoms with Crippen molar-refractivity contribution in [2.24, 2.45) is 7.05 Å². The van der Waals surface area contributed by atoms with Gasteiger partial charge in [0, 0.05) is 18.7 Å². The van der Waals surface area contributed by atoms with E-state index in [0.29, 0.717) is 0 Å². The van der Waals surface area contributed by atoms with Crippen LogP contribution >= 0.6 is 0 Å². The van der Waals surface area contributed by atoms with Gasteiger partial charge in [0.2, 0.25) is 0 Å². The quantitative estimate of drug-likeness (QED) is 0.754. The Balaban J connectivity index is 2.58. The molecule has 0 fully saturated rings. The number of nitrogens with one attached hydrogen (secondary N) is 1. The predicted octanol–water partition coefficient (Wildman–Crippen LogP) is 2.00. The fourth-order valence-corrected chi connectivity index (χ4v) is 1.77. The molecular formula is C12H14N2O. The molecule has 0 spiro atoms. The van der Waals surface area contributed by atoms with Crippen LogP contribution in [0.15, 0.2) is 29.1 Å². The average Bonchev–Trinajstić information content (AvgIpc) is 2.45. The molecule has 0 bridgehead atoms. The summed E-state index contributed by atoms with van der Waals surface area (Å²) in [5.41, 5.74) is 4.33. The van der Waals surface area contributed by atoms with Crippen LogP contribution < -0.4 is 5.56 Å². The first kappa shape index (κ1) is 9.77. The summed E-state index contributed by atoms with van der Waals surface area (Å²) in [6.45, 7) is 4.11. The molecule has 0 aliphatic rings. The maximum Gasteiger partial charge on any atom is 0.266 e. The van der Waals surface area contributed by atoms with Gasteiger partial charge in [-0.15, -0.1) is 0 Å². The predicted molar refractivity (Wildman–Crippen MR) is 60.9 cm³/mol. The van der Waals surface area contributed by atoms with E-state index in [2.05, 4.69) is 37.1 Å². The van der Waals surface area contributed by atoms with Crippen LogP contribution in [0.3, 0.4) is 0 Å². The van der Waals surface area contributed by atoms with Gasteiger partial charge in [0.1, 0.15) is 0 Å².